The standard InChI is InChI=1S/C22H20F2N4O6S/c1-28-18(12-4-6-16(7-5-12)34-21(23)24)26-27-22(28)35-11-17(29)25-15-9-13(19(30)32-2)8-14(10-15)20(31)33-3/h4-10,21H,11H2,1-3H3,(H,25,29). The molecule has 1 heterocycles. The number of thioether (sulfide) groups is 1. The third-order valence-electron chi connectivity index (χ3n) is 4.56. The van der Waals surface area contributed by atoms with E-state index in [1.165, 1.54) is 44.6 Å². The van der Waals surface area contributed by atoms with Gasteiger partial charge >= 0.3 is 18.6 Å². The summed E-state index contributed by atoms with van der Waals surface area (Å²) in [5, 5.41) is 11.2. The van der Waals surface area contributed by atoms with E-state index in [9.17, 15) is 23.2 Å². The van der Waals surface area contributed by atoms with E-state index in [-0.39, 0.29) is 28.3 Å². The third-order valence-corrected chi connectivity index (χ3v) is 5.58. The Bertz CT molecular complexity index is 1200. The van der Waals surface area contributed by atoms with Gasteiger partial charge in [-0.3, -0.25) is 4.79 Å². The van der Waals surface area contributed by atoms with Crippen LogP contribution in [-0.2, 0) is 21.3 Å². The highest BCUT2D eigenvalue weighted by Gasteiger charge is 2.17. The van der Waals surface area contributed by atoms with Crippen LogP contribution in [0.5, 0.6) is 5.75 Å². The summed E-state index contributed by atoms with van der Waals surface area (Å²) in [5.74, 6) is -1.36. The number of carbonyl (C=O) groups excluding carboxylic acids is 3. The second-order valence-corrected chi connectivity index (χ2v) is 7.83. The van der Waals surface area contributed by atoms with Crippen LogP contribution < -0.4 is 10.1 Å². The molecule has 184 valence electrons. The first-order valence-corrected chi connectivity index (χ1v) is 10.9. The van der Waals surface area contributed by atoms with Gasteiger partial charge in [-0.1, -0.05) is 11.8 Å². The first-order valence-electron chi connectivity index (χ1n) is 9.90. The highest BCUT2D eigenvalue weighted by molar-refractivity contribution is 7.99. The van der Waals surface area contributed by atoms with E-state index in [1.54, 1.807) is 23.7 Å². The number of aromatic nitrogens is 3. The molecular weight excluding hydrogens is 486 g/mol. The van der Waals surface area contributed by atoms with Crippen molar-refractivity contribution in [3.63, 3.8) is 0 Å². The Labute approximate surface area is 202 Å². The predicted octanol–water partition coefficient (Wildman–Crippen LogP) is 3.39. The molecular formula is C22H20F2N4O6S. The molecule has 0 spiro atoms. The molecule has 0 fully saturated rings. The second-order valence-electron chi connectivity index (χ2n) is 6.89. The van der Waals surface area contributed by atoms with Gasteiger partial charge in [0, 0.05) is 18.3 Å². The number of rotatable bonds is 9. The SMILES string of the molecule is COC(=O)c1cc(NC(=O)CSc2nnc(-c3ccc(OC(F)F)cc3)n2C)cc(C(=O)OC)c1. The van der Waals surface area contributed by atoms with E-state index in [2.05, 4.69) is 29.7 Å². The molecule has 13 heteroatoms. The summed E-state index contributed by atoms with van der Waals surface area (Å²) in [4.78, 5) is 36.3. The van der Waals surface area contributed by atoms with E-state index in [1.807, 2.05) is 0 Å². The lowest BCUT2D eigenvalue weighted by Gasteiger charge is -2.09. The summed E-state index contributed by atoms with van der Waals surface area (Å²) < 4.78 is 40.0. The topological polar surface area (TPSA) is 122 Å². The van der Waals surface area contributed by atoms with Crippen molar-refractivity contribution in [3.05, 3.63) is 53.6 Å². The van der Waals surface area contributed by atoms with Gasteiger partial charge in [-0.05, 0) is 42.5 Å². The highest BCUT2D eigenvalue weighted by atomic mass is 32.2. The molecule has 0 aliphatic heterocycles. The van der Waals surface area contributed by atoms with E-state index in [4.69, 9.17) is 0 Å². The molecule has 0 unspecified atom stereocenters. The predicted molar refractivity (Wildman–Crippen MR) is 122 cm³/mol. The molecule has 0 bridgehead atoms. The molecule has 0 atom stereocenters. The van der Waals surface area contributed by atoms with Crippen LogP contribution in [-0.4, -0.2) is 59.2 Å². The van der Waals surface area contributed by atoms with Gasteiger partial charge in [0.25, 0.3) is 0 Å². The van der Waals surface area contributed by atoms with Crippen molar-refractivity contribution in [1.82, 2.24) is 14.8 Å². The number of hydrogen-bond acceptors (Lipinski definition) is 9. The first-order chi connectivity index (χ1) is 16.7. The van der Waals surface area contributed by atoms with Crippen molar-refractivity contribution >= 4 is 35.3 Å². The van der Waals surface area contributed by atoms with Gasteiger partial charge in [0.05, 0.1) is 31.1 Å². The molecule has 10 nitrogen and oxygen atoms in total. The molecule has 1 amide bonds. The number of alkyl halides is 2. The van der Waals surface area contributed by atoms with Gasteiger partial charge < -0.3 is 24.1 Å². The maximum atomic E-state index is 12.5. The average molecular weight is 506 g/mol. The Morgan fingerprint density at radius 1 is 1.00 bits per heavy atom. The highest BCUT2D eigenvalue weighted by Crippen LogP contribution is 2.25. The molecule has 0 saturated carbocycles. The fourth-order valence-electron chi connectivity index (χ4n) is 2.98. The van der Waals surface area contributed by atoms with Crippen molar-refractivity contribution < 1.29 is 37.4 Å². The number of hydrogen-bond donors (Lipinski definition) is 1. The zero-order valence-corrected chi connectivity index (χ0v) is 19.6. The summed E-state index contributed by atoms with van der Waals surface area (Å²) in [7, 11) is 4.09. The quantitative estimate of drug-likeness (QED) is 0.344. The number of methoxy groups -OCH3 is 2. The number of ether oxygens (including phenoxy) is 3. The molecule has 1 aromatic heterocycles. The van der Waals surface area contributed by atoms with Crippen molar-refractivity contribution in [3.8, 4) is 17.1 Å². The summed E-state index contributed by atoms with van der Waals surface area (Å²) in [5.41, 5.74) is 0.971. The Balaban J connectivity index is 1.68. The van der Waals surface area contributed by atoms with Gasteiger partial charge in [0.1, 0.15) is 5.75 Å². The van der Waals surface area contributed by atoms with Gasteiger partial charge in [-0.2, -0.15) is 8.78 Å². The largest absolute Gasteiger partial charge is 0.465 e. The van der Waals surface area contributed by atoms with Crippen molar-refractivity contribution in [2.75, 3.05) is 25.3 Å². The van der Waals surface area contributed by atoms with Crippen LogP contribution in [0.2, 0.25) is 0 Å². The minimum atomic E-state index is -2.92. The number of carbonyl (C=O) groups is 3. The molecule has 35 heavy (non-hydrogen) atoms. The van der Waals surface area contributed by atoms with Crippen LogP contribution in [0.3, 0.4) is 0 Å². The van der Waals surface area contributed by atoms with E-state index in [0.717, 1.165) is 11.8 Å². The fourth-order valence-corrected chi connectivity index (χ4v) is 3.69. The van der Waals surface area contributed by atoms with Crippen LogP contribution in [0.4, 0.5) is 14.5 Å². The molecule has 0 aliphatic rings. The minimum Gasteiger partial charge on any atom is -0.465 e. The molecule has 0 saturated heterocycles. The zero-order chi connectivity index (χ0) is 25.5. The average Bonchev–Trinajstić information content (AvgIpc) is 3.21. The van der Waals surface area contributed by atoms with Crippen LogP contribution in [0, 0.1) is 0 Å². The lowest BCUT2D eigenvalue weighted by Crippen LogP contribution is -2.16. The number of nitrogens with zero attached hydrogens (tertiary/aromatic N) is 3. The van der Waals surface area contributed by atoms with Gasteiger partial charge in [0.15, 0.2) is 11.0 Å². The van der Waals surface area contributed by atoms with Crippen molar-refractivity contribution in [2.45, 2.75) is 11.8 Å². The Morgan fingerprint density at radius 3 is 2.14 bits per heavy atom. The number of benzene rings is 2. The van der Waals surface area contributed by atoms with E-state index >= 15 is 0 Å². The number of amides is 1. The Kier molecular flexibility index (Phi) is 8.36. The number of esters is 2. The number of nitrogens with one attached hydrogen (secondary N) is 1. The summed E-state index contributed by atoms with van der Waals surface area (Å²) in [6, 6.07) is 9.97. The van der Waals surface area contributed by atoms with Crippen molar-refractivity contribution in [1.29, 1.82) is 0 Å². The van der Waals surface area contributed by atoms with Crippen LogP contribution in [0.15, 0.2) is 47.6 Å². The van der Waals surface area contributed by atoms with Gasteiger partial charge in [0.2, 0.25) is 5.91 Å². The normalized spacial score (nSPS) is 10.7. The smallest absolute Gasteiger partial charge is 0.387 e. The molecule has 0 radical (unpaired) electrons. The van der Waals surface area contributed by atoms with Crippen LogP contribution >= 0.6 is 11.8 Å². The fraction of sp³-hybridized carbons (Fsp3) is 0.227. The van der Waals surface area contributed by atoms with Gasteiger partial charge in [-0.15, -0.1) is 10.2 Å². The van der Waals surface area contributed by atoms with Gasteiger partial charge in [-0.25, -0.2) is 9.59 Å². The molecule has 1 N–H and O–H groups in total. The third kappa shape index (κ3) is 6.53. The minimum absolute atomic E-state index is 0.0174. The van der Waals surface area contributed by atoms with E-state index < -0.39 is 24.5 Å². The summed E-state index contributed by atoms with van der Waals surface area (Å²) >= 11 is 1.10. The lowest BCUT2D eigenvalue weighted by molar-refractivity contribution is -0.113. The maximum absolute atomic E-state index is 12.5. The molecule has 0 aliphatic carbocycles. The molecule has 2 aromatic carbocycles. The monoisotopic (exact) mass is 506 g/mol. The Morgan fingerprint density at radius 2 is 1.60 bits per heavy atom. The number of anilines is 1. The van der Waals surface area contributed by atoms with Crippen LogP contribution in [0.25, 0.3) is 11.4 Å². The maximum Gasteiger partial charge on any atom is 0.387 e. The number of halogens is 2. The first kappa shape index (κ1) is 25.6. The molecule has 3 aromatic rings. The van der Waals surface area contributed by atoms with E-state index in [0.29, 0.717) is 16.5 Å². The zero-order valence-electron chi connectivity index (χ0n) is 18.8. The second kappa shape index (κ2) is 11.4. The Hall–Kier alpha value is -4.00. The lowest BCUT2D eigenvalue weighted by atomic mass is 10.1. The summed E-state index contributed by atoms with van der Waals surface area (Å²) in [6.45, 7) is -2.92. The van der Waals surface area contributed by atoms with Crippen LogP contribution in [0.1, 0.15) is 20.7 Å². The van der Waals surface area contributed by atoms with Crippen molar-refractivity contribution in [2.24, 2.45) is 7.05 Å². The summed E-state index contributed by atoms with van der Waals surface area (Å²) in [6.07, 6.45) is 0. The molecule has 3 rings (SSSR count).